The number of urea groups is 1. The number of likely N-dealkylation sites (tertiary alicyclic amines) is 1. The van der Waals surface area contributed by atoms with Gasteiger partial charge in [-0.2, -0.15) is 0 Å². The van der Waals surface area contributed by atoms with Gasteiger partial charge in [0.2, 0.25) is 11.8 Å². The van der Waals surface area contributed by atoms with Crippen LogP contribution in [-0.4, -0.2) is 60.0 Å². The van der Waals surface area contributed by atoms with Crippen molar-refractivity contribution in [3.63, 3.8) is 0 Å². The summed E-state index contributed by atoms with van der Waals surface area (Å²) in [7, 11) is 3.36. The Morgan fingerprint density at radius 1 is 1.27 bits per heavy atom. The van der Waals surface area contributed by atoms with Gasteiger partial charge in [0.05, 0.1) is 11.9 Å². The van der Waals surface area contributed by atoms with Crippen molar-refractivity contribution in [1.82, 2.24) is 14.8 Å². The monoisotopic (exact) mass is 362 g/mol. The second-order valence-corrected chi connectivity index (χ2v) is 6.87. The molecule has 7 heteroatoms. The molecule has 0 spiro atoms. The third-order valence-electron chi connectivity index (χ3n) is 4.77. The zero-order chi connectivity index (χ0) is 19.1. The van der Waals surface area contributed by atoms with Gasteiger partial charge in [0.25, 0.3) is 0 Å². The number of nitrogens with one attached hydrogen (secondary N) is 1. The molecule has 1 aliphatic heterocycles. The van der Waals surface area contributed by atoms with Gasteiger partial charge in [-0.05, 0) is 18.9 Å². The quantitative estimate of drug-likeness (QED) is 0.844. The number of hydrogen-bond acceptors (Lipinski definition) is 4. The Balaban J connectivity index is 1.82. The molecule has 0 aromatic carbocycles. The van der Waals surface area contributed by atoms with Crippen LogP contribution < -0.4 is 10.1 Å². The first-order valence-corrected chi connectivity index (χ1v) is 9.34. The van der Waals surface area contributed by atoms with Crippen molar-refractivity contribution in [3.05, 3.63) is 18.3 Å². The Morgan fingerprint density at radius 3 is 2.42 bits per heavy atom. The van der Waals surface area contributed by atoms with E-state index in [1.165, 1.54) is 4.90 Å². The number of carbonyl (C=O) groups excluding carboxylic acids is 2. The Morgan fingerprint density at radius 2 is 1.92 bits per heavy atom. The molecule has 1 N–H and O–H groups in total. The van der Waals surface area contributed by atoms with Gasteiger partial charge >= 0.3 is 6.03 Å². The number of ether oxygens (including phenoxy) is 1. The summed E-state index contributed by atoms with van der Waals surface area (Å²) in [6.45, 7) is 5.60. The second kappa shape index (κ2) is 9.40. The van der Waals surface area contributed by atoms with Gasteiger partial charge in [0, 0.05) is 52.0 Å². The van der Waals surface area contributed by atoms with Crippen LogP contribution in [0.1, 0.15) is 39.5 Å². The molecule has 1 saturated heterocycles. The average Bonchev–Trinajstić information content (AvgIpc) is 2.64. The molecule has 0 unspecified atom stereocenters. The summed E-state index contributed by atoms with van der Waals surface area (Å²) in [4.78, 5) is 31.7. The van der Waals surface area contributed by atoms with Crippen LogP contribution in [0.25, 0.3) is 0 Å². The van der Waals surface area contributed by atoms with Crippen molar-refractivity contribution in [2.24, 2.45) is 5.92 Å². The third kappa shape index (κ3) is 5.34. The fourth-order valence-electron chi connectivity index (χ4n) is 3.02. The number of amides is 3. The summed E-state index contributed by atoms with van der Waals surface area (Å²) in [6, 6.07) is 3.33. The molecule has 0 aliphatic carbocycles. The van der Waals surface area contributed by atoms with Gasteiger partial charge in [-0.1, -0.05) is 13.8 Å². The largest absolute Gasteiger partial charge is 0.474 e. The van der Waals surface area contributed by atoms with Crippen molar-refractivity contribution in [2.45, 2.75) is 45.6 Å². The van der Waals surface area contributed by atoms with E-state index < -0.39 is 0 Å². The van der Waals surface area contributed by atoms with E-state index in [9.17, 15) is 9.59 Å². The number of rotatable bonds is 6. The van der Waals surface area contributed by atoms with Crippen LogP contribution in [0, 0.1) is 5.92 Å². The topological polar surface area (TPSA) is 74.8 Å². The molecule has 2 heterocycles. The summed E-state index contributed by atoms with van der Waals surface area (Å²) in [5.74, 6) is 0.948. The number of nitrogens with zero attached hydrogens (tertiary/aromatic N) is 3. The van der Waals surface area contributed by atoms with Crippen molar-refractivity contribution < 1.29 is 14.3 Å². The lowest BCUT2D eigenvalue weighted by molar-refractivity contribution is -0.137. The van der Waals surface area contributed by atoms with E-state index in [0.717, 1.165) is 38.8 Å². The lowest BCUT2D eigenvalue weighted by Crippen LogP contribution is -2.44. The van der Waals surface area contributed by atoms with Crippen molar-refractivity contribution >= 4 is 17.6 Å². The Labute approximate surface area is 155 Å². The maximum absolute atomic E-state index is 12.4. The second-order valence-electron chi connectivity index (χ2n) is 6.87. The molecule has 2 rings (SSSR count). The molecule has 1 aliphatic rings. The summed E-state index contributed by atoms with van der Waals surface area (Å²) < 4.78 is 5.93. The van der Waals surface area contributed by atoms with Crippen LogP contribution in [0.5, 0.6) is 5.88 Å². The van der Waals surface area contributed by atoms with Gasteiger partial charge in [-0.15, -0.1) is 0 Å². The SMILES string of the molecule is CCC(CC)C(=O)N1CCC(Oc2ccc(NC(=O)N(C)C)cn2)CC1. The molecule has 3 amide bonds. The normalized spacial score (nSPS) is 15.0. The summed E-state index contributed by atoms with van der Waals surface area (Å²) in [5.41, 5.74) is 0.627. The molecule has 1 aromatic rings. The van der Waals surface area contributed by atoms with Crippen LogP contribution >= 0.6 is 0 Å². The molecule has 7 nitrogen and oxygen atoms in total. The predicted octanol–water partition coefficient (Wildman–Crippen LogP) is 2.98. The summed E-state index contributed by atoms with van der Waals surface area (Å²) >= 11 is 0. The standard InChI is InChI=1S/C19H30N4O3/c1-5-14(6-2)18(24)23-11-9-16(10-12-23)26-17-8-7-15(13-20-17)21-19(25)22(3)4/h7-8,13-14,16H,5-6,9-12H2,1-4H3,(H,21,25). The highest BCUT2D eigenvalue weighted by atomic mass is 16.5. The molecule has 0 atom stereocenters. The third-order valence-corrected chi connectivity index (χ3v) is 4.77. The minimum Gasteiger partial charge on any atom is -0.474 e. The van der Waals surface area contributed by atoms with Gasteiger partial charge in [0.15, 0.2) is 0 Å². The van der Waals surface area contributed by atoms with E-state index in [1.54, 1.807) is 32.4 Å². The van der Waals surface area contributed by atoms with E-state index >= 15 is 0 Å². The summed E-state index contributed by atoms with van der Waals surface area (Å²) in [6.07, 6.45) is 5.07. The molecule has 1 aromatic heterocycles. The Kier molecular flexibility index (Phi) is 7.24. The molecular formula is C19H30N4O3. The molecule has 0 bridgehead atoms. The van der Waals surface area contributed by atoms with Gasteiger partial charge in [-0.25, -0.2) is 9.78 Å². The zero-order valence-corrected chi connectivity index (χ0v) is 16.2. The first-order valence-electron chi connectivity index (χ1n) is 9.34. The van der Waals surface area contributed by atoms with E-state index in [4.69, 9.17) is 4.74 Å². The number of anilines is 1. The molecule has 144 valence electrons. The van der Waals surface area contributed by atoms with E-state index in [2.05, 4.69) is 24.1 Å². The highest BCUT2D eigenvalue weighted by Crippen LogP contribution is 2.21. The predicted molar refractivity (Wildman–Crippen MR) is 101 cm³/mol. The number of piperidine rings is 1. The lowest BCUT2D eigenvalue weighted by Gasteiger charge is -2.33. The van der Waals surface area contributed by atoms with Crippen LogP contribution in [-0.2, 0) is 4.79 Å². The average molecular weight is 362 g/mol. The van der Waals surface area contributed by atoms with E-state index in [-0.39, 0.29) is 24.0 Å². The Hall–Kier alpha value is -2.31. The first-order chi connectivity index (χ1) is 12.4. The fourth-order valence-corrected chi connectivity index (χ4v) is 3.02. The molecular weight excluding hydrogens is 332 g/mol. The van der Waals surface area contributed by atoms with Crippen molar-refractivity contribution in [1.29, 1.82) is 0 Å². The molecule has 26 heavy (non-hydrogen) atoms. The first kappa shape index (κ1) is 20.0. The molecule has 0 saturated carbocycles. The Bertz CT molecular complexity index is 591. The van der Waals surface area contributed by atoms with Crippen molar-refractivity contribution in [2.75, 3.05) is 32.5 Å². The minimum atomic E-state index is -0.199. The smallest absolute Gasteiger partial charge is 0.321 e. The van der Waals surface area contributed by atoms with Crippen LogP contribution in [0.4, 0.5) is 10.5 Å². The number of pyridine rings is 1. The maximum atomic E-state index is 12.4. The number of carbonyl (C=O) groups is 2. The van der Waals surface area contributed by atoms with Crippen LogP contribution in [0.15, 0.2) is 18.3 Å². The van der Waals surface area contributed by atoms with Gasteiger partial charge in [-0.3, -0.25) is 4.79 Å². The van der Waals surface area contributed by atoms with E-state index in [1.807, 2.05) is 4.90 Å². The molecule has 1 fully saturated rings. The zero-order valence-electron chi connectivity index (χ0n) is 16.2. The maximum Gasteiger partial charge on any atom is 0.321 e. The lowest BCUT2D eigenvalue weighted by atomic mass is 9.99. The van der Waals surface area contributed by atoms with Gasteiger partial charge in [0.1, 0.15) is 6.10 Å². The number of hydrogen-bond donors (Lipinski definition) is 1. The van der Waals surface area contributed by atoms with Gasteiger partial charge < -0.3 is 19.9 Å². The highest BCUT2D eigenvalue weighted by Gasteiger charge is 2.27. The van der Waals surface area contributed by atoms with Crippen LogP contribution in [0.2, 0.25) is 0 Å². The van der Waals surface area contributed by atoms with E-state index in [0.29, 0.717) is 11.6 Å². The molecule has 0 radical (unpaired) electrons. The highest BCUT2D eigenvalue weighted by molar-refractivity contribution is 5.88. The fraction of sp³-hybridized carbons (Fsp3) is 0.632. The van der Waals surface area contributed by atoms with Crippen LogP contribution in [0.3, 0.4) is 0 Å². The summed E-state index contributed by atoms with van der Waals surface area (Å²) in [5, 5.41) is 2.74. The minimum absolute atomic E-state index is 0.0652. The number of aromatic nitrogens is 1. The van der Waals surface area contributed by atoms with Crippen molar-refractivity contribution in [3.8, 4) is 5.88 Å².